The number of rotatable bonds is 3. The molecule has 2 aromatic carbocycles. The van der Waals surface area contributed by atoms with E-state index in [1.54, 1.807) is 0 Å². The van der Waals surface area contributed by atoms with Crippen LogP contribution in [0.5, 0.6) is 5.75 Å². The van der Waals surface area contributed by atoms with Crippen LogP contribution in [0.1, 0.15) is 10.4 Å². The Kier molecular flexibility index (Phi) is 3.79. The zero-order chi connectivity index (χ0) is 15.6. The number of amides is 1. The highest BCUT2D eigenvalue weighted by molar-refractivity contribution is 6.04. The number of nitrogens with zero attached hydrogens (tertiary/aromatic N) is 1. The largest absolute Gasteiger partial charge is 0.505 e. The average molecular weight is 294 g/mol. The molecule has 2 N–H and O–H groups in total. The van der Waals surface area contributed by atoms with Crippen LogP contribution in [0.25, 0.3) is 0 Å². The first-order valence-electron chi connectivity index (χ1n) is 5.62. The second kappa shape index (κ2) is 5.53. The average Bonchev–Trinajstić information content (AvgIpc) is 2.42. The molecule has 0 unspecified atom stereocenters. The number of nitro benzene ring substituents is 1. The van der Waals surface area contributed by atoms with Crippen LogP contribution >= 0.6 is 0 Å². The number of hydrogen-bond donors (Lipinski definition) is 2. The molecule has 0 saturated heterocycles. The van der Waals surface area contributed by atoms with E-state index in [1.165, 1.54) is 6.07 Å². The van der Waals surface area contributed by atoms with Crippen LogP contribution in [0.3, 0.4) is 0 Å². The van der Waals surface area contributed by atoms with Gasteiger partial charge in [0.2, 0.25) is 5.82 Å². The Morgan fingerprint density at radius 2 is 1.86 bits per heavy atom. The number of phenols is 1. The summed E-state index contributed by atoms with van der Waals surface area (Å²) >= 11 is 0. The molecule has 0 radical (unpaired) electrons. The van der Waals surface area contributed by atoms with Crippen molar-refractivity contribution < 1.29 is 23.6 Å². The van der Waals surface area contributed by atoms with E-state index in [4.69, 9.17) is 5.11 Å². The number of nitrogens with one attached hydrogen (secondary N) is 1. The molecule has 0 fully saturated rings. The van der Waals surface area contributed by atoms with Gasteiger partial charge in [-0.1, -0.05) is 0 Å². The summed E-state index contributed by atoms with van der Waals surface area (Å²) in [6, 6.07) is 5.83. The Morgan fingerprint density at radius 3 is 2.43 bits per heavy atom. The van der Waals surface area contributed by atoms with E-state index < -0.39 is 33.9 Å². The Balaban J connectivity index is 2.22. The highest BCUT2D eigenvalue weighted by Crippen LogP contribution is 2.21. The first-order chi connectivity index (χ1) is 9.88. The smallest absolute Gasteiger partial charge is 0.304 e. The molecule has 0 bridgehead atoms. The van der Waals surface area contributed by atoms with E-state index in [0.29, 0.717) is 6.07 Å². The number of benzene rings is 2. The summed E-state index contributed by atoms with van der Waals surface area (Å²) in [5.41, 5.74) is -0.858. The van der Waals surface area contributed by atoms with Gasteiger partial charge in [0.15, 0.2) is 11.6 Å². The van der Waals surface area contributed by atoms with Gasteiger partial charge in [0, 0.05) is 23.4 Å². The van der Waals surface area contributed by atoms with Crippen LogP contribution in [0.2, 0.25) is 0 Å². The van der Waals surface area contributed by atoms with Gasteiger partial charge in [-0.05, 0) is 24.3 Å². The number of hydrogen-bond acceptors (Lipinski definition) is 4. The second-order valence-electron chi connectivity index (χ2n) is 4.04. The fourth-order valence-corrected chi connectivity index (χ4v) is 1.58. The maximum Gasteiger partial charge on any atom is 0.304 e. The number of anilines is 1. The Labute approximate surface area is 116 Å². The predicted molar refractivity (Wildman–Crippen MR) is 69.1 cm³/mol. The highest BCUT2D eigenvalue weighted by atomic mass is 19.1. The van der Waals surface area contributed by atoms with Crippen molar-refractivity contribution in [1.29, 1.82) is 0 Å². The number of phenolic OH excluding ortho intramolecular Hbond substituents is 1. The topological polar surface area (TPSA) is 92.5 Å². The van der Waals surface area contributed by atoms with Gasteiger partial charge in [0.25, 0.3) is 5.91 Å². The number of aromatic hydroxyl groups is 1. The Hall–Kier alpha value is -3.03. The molecule has 2 rings (SSSR count). The minimum absolute atomic E-state index is 0.0501. The molecule has 0 aromatic heterocycles. The van der Waals surface area contributed by atoms with E-state index >= 15 is 0 Å². The van der Waals surface area contributed by atoms with E-state index in [1.807, 2.05) is 0 Å². The maximum absolute atomic E-state index is 13.4. The zero-order valence-corrected chi connectivity index (χ0v) is 10.3. The van der Waals surface area contributed by atoms with Gasteiger partial charge >= 0.3 is 5.69 Å². The molecule has 1 amide bonds. The van der Waals surface area contributed by atoms with Crippen LogP contribution in [-0.2, 0) is 0 Å². The van der Waals surface area contributed by atoms with Gasteiger partial charge in [-0.15, -0.1) is 0 Å². The van der Waals surface area contributed by atoms with E-state index in [0.717, 1.165) is 24.3 Å². The molecule has 0 aliphatic rings. The van der Waals surface area contributed by atoms with Crippen molar-refractivity contribution in [3.05, 3.63) is 63.7 Å². The van der Waals surface area contributed by atoms with Crippen molar-refractivity contribution in [3.8, 4) is 5.75 Å². The van der Waals surface area contributed by atoms with Crippen molar-refractivity contribution in [2.24, 2.45) is 0 Å². The van der Waals surface area contributed by atoms with Crippen LogP contribution in [0, 0.1) is 21.7 Å². The van der Waals surface area contributed by atoms with Crippen molar-refractivity contribution in [1.82, 2.24) is 0 Å². The molecule has 0 saturated carbocycles. The van der Waals surface area contributed by atoms with Gasteiger partial charge in [0.05, 0.1) is 4.92 Å². The molecule has 0 atom stereocenters. The van der Waals surface area contributed by atoms with Crippen LogP contribution in [-0.4, -0.2) is 15.9 Å². The Bertz CT molecular complexity index is 734. The lowest BCUT2D eigenvalue weighted by atomic mass is 10.1. The fraction of sp³-hybridized carbons (Fsp3) is 0. The van der Waals surface area contributed by atoms with Gasteiger partial charge in [-0.3, -0.25) is 14.9 Å². The monoisotopic (exact) mass is 294 g/mol. The highest BCUT2D eigenvalue weighted by Gasteiger charge is 2.17. The lowest BCUT2D eigenvalue weighted by Crippen LogP contribution is -2.12. The molecule has 108 valence electrons. The van der Waals surface area contributed by atoms with Gasteiger partial charge in [-0.2, -0.15) is 4.39 Å². The van der Waals surface area contributed by atoms with Crippen molar-refractivity contribution in [2.45, 2.75) is 0 Å². The first kappa shape index (κ1) is 14.4. The summed E-state index contributed by atoms with van der Waals surface area (Å²) < 4.78 is 26.5. The fourth-order valence-electron chi connectivity index (χ4n) is 1.58. The third-order valence-corrected chi connectivity index (χ3v) is 2.61. The molecule has 2 aromatic rings. The third-order valence-electron chi connectivity index (χ3n) is 2.61. The van der Waals surface area contributed by atoms with Crippen molar-refractivity contribution in [3.63, 3.8) is 0 Å². The predicted octanol–water partition coefficient (Wildman–Crippen LogP) is 2.83. The van der Waals surface area contributed by atoms with Crippen LogP contribution in [0.4, 0.5) is 20.2 Å². The first-order valence-corrected chi connectivity index (χ1v) is 5.62. The van der Waals surface area contributed by atoms with Gasteiger partial charge < -0.3 is 10.4 Å². The summed E-state index contributed by atoms with van der Waals surface area (Å²) in [5.74, 6) is -3.42. The number of carbonyl (C=O) groups is 1. The summed E-state index contributed by atoms with van der Waals surface area (Å²) in [6.45, 7) is 0. The van der Waals surface area contributed by atoms with Crippen LogP contribution < -0.4 is 5.32 Å². The Morgan fingerprint density at radius 1 is 1.14 bits per heavy atom. The summed E-state index contributed by atoms with van der Waals surface area (Å²) in [7, 11) is 0. The molecular weight excluding hydrogens is 286 g/mol. The maximum atomic E-state index is 13.4. The summed E-state index contributed by atoms with van der Waals surface area (Å²) in [4.78, 5) is 21.4. The molecule has 0 aliphatic carbocycles. The van der Waals surface area contributed by atoms with Crippen molar-refractivity contribution in [2.75, 3.05) is 5.32 Å². The van der Waals surface area contributed by atoms with Crippen molar-refractivity contribution >= 4 is 17.3 Å². The molecule has 8 heteroatoms. The van der Waals surface area contributed by atoms with Gasteiger partial charge in [-0.25, -0.2) is 4.39 Å². The normalized spacial score (nSPS) is 10.2. The molecule has 21 heavy (non-hydrogen) atoms. The van der Waals surface area contributed by atoms with E-state index in [-0.39, 0.29) is 11.3 Å². The number of halogens is 2. The van der Waals surface area contributed by atoms with E-state index in [2.05, 4.69) is 5.32 Å². The molecule has 6 nitrogen and oxygen atoms in total. The second-order valence-corrected chi connectivity index (χ2v) is 4.04. The SMILES string of the molecule is O=C(Nc1ccc(O)c(F)c1)c1ccc([N+](=O)[O-])c(F)c1. The van der Waals surface area contributed by atoms with Crippen LogP contribution in [0.15, 0.2) is 36.4 Å². The molecule has 0 aliphatic heterocycles. The minimum atomic E-state index is -1.15. The lowest BCUT2D eigenvalue weighted by Gasteiger charge is -2.06. The number of nitro groups is 1. The number of carbonyl (C=O) groups excluding carboxylic acids is 1. The molecular formula is C13H8F2N2O4. The lowest BCUT2D eigenvalue weighted by molar-refractivity contribution is -0.387. The quantitative estimate of drug-likeness (QED) is 0.517. The molecule has 0 spiro atoms. The summed E-state index contributed by atoms with van der Waals surface area (Å²) in [6.07, 6.45) is 0. The zero-order valence-electron chi connectivity index (χ0n) is 10.3. The standard InChI is InChI=1S/C13H8F2N2O4/c14-9-5-7(1-3-11(9)17(20)21)13(19)16-8-2-4-12(18)10(15)6-8/h1-6,18H,(H,16,19). The van der Waals surface area contributed by atoms with Gasteiger partial charge in [0.1, 0.15) is 0 Å². The minimum Gasteiger partial charge on any atom is -0.505 e. The van der Waals surface area contributed by atoms with E-state index in [9.17, 15) is 23.7 Å². The molecule has 0 heterocycles. The third kappa shape index (κ3) is 3.11. The summed E-state index contributed by atoms with van der Waals surface area (Å²) in [5, 5.41) is 21.8.